The highest BCUT2D eigenvalue weighted by molar-refractivity contribution is 7.98. The first kappa shape index (κ1) is 22.8. The summed E-state index contributed by atoms with van der Waals surface area (Å²) in [5.74, 6) is -1.01. The SMILES string of the molecule is CCOC(=O)c1ccc(C)c(NC(=O)CN(c2cccc(SC)c2)S(C)(=O)=O)c1. The van der Waals surface area contributed by atoms with Gasteiger partial charge in [0.25, 0.3) is 0 Å². The lowest BCUT2D eigenvalue weighted by Gasteiger charge is -2.22. The number of anilines is 2. The van der Waals surface area contributed by atoms with Crippen molar-refractivity contribution in [2.45, 2.75) is 18.7 Å². The molecule has 7 nitrogen and oxygen atoms in total. The van der Waals surface area contributed by atoms with Crippen molar-refractivity contribution in [3.63, 3.8) is 0 Å². The number of nitrogens with one attached hydrogen (secondary N) is 1. The number of amides is 1. The molecule has 9 heteroatoms. The molecule has 0 atom stereocenters. The fourth-order valence-corrected chi connectivity index (χ4v) is 3.89. The summed E-state index contributed by atoms with van der Waals surface area (Å²) in [6.07, 6.45) is 2.94. The van der Waals surface area contributed by atoms with Crippen LogP contribution in [0.3, 0.4) is 0 Å². The Balaban J connectivity index is 2.25. The minimum Gasteiger partial charge on any atom is -0.462 e. The molecule has 0 aliphatic rings. The van der Waals surface area contributed by atoms with Crippen molar-refractivity contribution in [3.05, 3.63) is 53.6 Å². The van der Waals surface area contributed by atoms with Gasteiger partial charge >= 0.3 is 5.97 Å². The molecule has 156 valence electrons. The van der Waals surface area contributed by atoms with E-state index in [1.54, 1.807) is 44.2 Å². The van der Waals surface area contributed by atoms with Crippen molar-refractivity contribution in [2.24, 2.45) is 0 Å². The number of carbonyl (C=O) groups excluding carboxylic acids is 2. The standard InChI is InChI=1S/C20H24N2O5S2/c1-5-27-20(24)15-10-9-14(2)18(11-15)21-19(23)13-22(29(4,25)26)16-7-6-8-17(12-16)28-3/h6-12H,5,13H2,1-4H3,(H,21,23). The van der Waals surface area contributed by atoms with E-state index in [2.05, 4.69) is 5.32 Å². The van der Waals surface area contributed by atoms with E-state index in [-0.39, 0.29) is 13.2 Å². The van der Waals surface area contributed by atoms with Gasteiger partial charge in [-0.15, -0.1) is 11.8 Å². The van der Waals surface area contributed by atoms with Gasteiger partial charge in [0.2, 0.25) is 15.9 Å². The first-order chi connectivity index (χ1) is 13.7. The van der Waals surface area contributed by atoms with E-state index in [9.17, 15) is 18.0 Å². The number of benzene rings is 2. The molecule has 0 saturated carbocycles. The van der Waals surface area contributed by atoms with E-state index < -0.39 is 21.9 Å². The number of hydrogen-bond acceptors (Lipinski definition) is 6. The number of rotatable bonds is 8. The molecule has 2 aromatic rings. The van der Waals surface area contributed by atoms with Crippen molar-refractivity contribution in [1.82, 2.24) is 0 Å². The fraction of sp³-hybridized carbons (Fsp3) is 0.300. The average Bonchev–Trinajstić information content (AvgIpc) is 2.67. The lowest BCUT2D eigenvalue weighted by Crippen LogP contribution is -2.37. The minimum absolute atomic E-state index is 0.243. The highest BCUT2D eigenvalue weighted by Gasteiger charge is 2.22. The van der Waals surface area contributed by atoms with Crippen LogP contribution in [0.2, 0.25) is 0 Å². The van der Waals surface area contributed by atoms with Crippen LogP contribution in [0.15, 0.2) is 47.4 Å². The molecule has 0 aliphatic carbocycles. The Morgan fingerprint density at radius 1 is 1.17 bits per heavy atom. The molecule has 0 spiro atoms. The van der Waals surface area contributed by atoms with E-state index in [0.717, 1.165) is 21.0 Å². The predicted octanol–water partition coefficient (Wildman–Crippen LogP) is 3.30. The second-order valence-corrected chi connectivity index (χ2v) is 9.06. The Labute approximate surface area is 175 Å². The number of aryl methyl sites for hydroxylation is 1. The molecule has 0 heterocycles. The van der Waals surface area contributed by atoms with Crippen LogP contribution < -0.4 is 9.62 Å². The molecule has 0 aliphatic heterocycles. The summed E-state index contributed by atoms with van der Waals surface area (Å²) in [6.45, 7) is 3.34. The summed E-state index contributed by atoms with van der Waals surface area (Å²) < 4.78 is 30.6. The van der Waals surface area contributed by atoms with Crippen molar-refractivity contribution >= 4 is 45.0 Å². The molecule has 0 aromatic heterocycles. The zero-order valence-electron chi connectivity index (χ0n) is 16.8. The smallest absolute Gasteiger partial charge is 0.338 e. The topological polar surface area (TPSA) is 92.8 Å². The lowest BCUT2D eigenvalue weighted by molar-refractivity contribution is -0.114. The van der Waals surface area contributed by atoms with Crippen LogP contribution in [0.4, 0.5) is 11.4 Å². The second-order valence-electron chi connectivity index (χ2n) is 6.27. The van der Waals surface area contributed by atoms with Gasteiger partial charge in [0.1, 0.15) is 6.54 Å². The van der Waals surface area contributed by atoms with Gasteiger partial charge in [-0.05, 0) is 56.0 Å². The molecule has 0 unspecified atom stereocenters. The Hall–Kier alpha value is -2.52. The summed E-state index contributed by atoms with van der Waals surface area (Å²) in [5.41, 5.74) is 1.88. The zero-order chi connectivity index (χ0) is 21.6. The number of sulfonamides is 1. The third-order valence-corrected chi connectivity index (χ3v) is 5.92. The third kappa shape index (κ3) is 6.23. The van der Waals surface area contributed by atoms with E-state index in [1.807, 2.05) is 12.3 Å². The van der Waals surface area contributed by atoms with Gasteiger partial charge in [-0.1, -0.05) is 12.1 Å². The third-order valence-electron chi connectivity index (χ3n) is 4.05. The number of thioether (sulfide) groups is 1. The van der Waals surface area contributed by atoms with Crippen molar-refractivity contribution in [1.29, 1.82) is 0 Å². The second kappa shape index (κ2) is 9.80. The van der Waals surface area contributed by atoms with Gasteiger partial charge < -0.3 is 10.1 Å². The van der Waals surface area contributed by atoms with Crippen molar-refractivity contribution < 1.29 is 22.7 Å². The van der Waals surface area contributed by atoms with Gasteiger partial charge in [-0.2, -0.15) is 0 Å². The molecule has 0 bridgehead atoms. The van der Waals surface area contributed by atoms with E-state index in [1.165, 1.54) is 17.8 Å². The number of esters is 1. The number of ether oxygens (including phenoxy) is 1. The largest absolute Gasteiger partial charge is 0.462 e. The summed E-state index contributed by atoms with van der Waals surface area (Å²) >= 11 is 1.48. The Morgan fingerprint density at radius 2 is 1.90 bits per heavy atom. The fourth-order valence-electron chi connectivity index (χ4n) is 2.58. The molecule has 2 aromatic carbocycles. The van der Waals surface area contributed by atoms with Gasteiger partial charge in [-0.3, -0.25) is 9.10 Å². The number of carbonyl (C=O) groups is 2. The molecule has 1 amide bonds. The maximum Gasteiger partial charge on any atom is 0.338 e. The maximum atomic E-state index is 12.6. The minimum atomic E-state index is -3.68. The average molecular weight is 437 g/mol. The lowest BCUT2D eigenvalue weighted by atomic mass is 10.1. The predicted molar refractivity (Wildman–Crippen MR) is 116 cm³/mol. The summed E-state index contributed by atoms with van der Waals surface area (Å²) in [5, 5.41) is 2.69. The van der Waals surface area contributed by atoms with Crippen LogP contribution in [0.1, 0.15) is 22.8 Å². The summed E-state index contributed by atoms with van der Waals surface area (Å²) in [4.78, 5) is 25.4. The van der Waals surface area contributed by atoms with Crippen molar-refractivity contribution in [2.75, 3.05) is 35.3 Å². The van der Waals surface area contributed by atoms with Gasteiger partial charge in [0.15, 0.2) is 0 Å². The van der Waals surface area contributed by atoms with E-state index >= 15 is 0 Å². The maximum absolute atomic E-state index is 12.6. The van der Waals surface area contributed by atoms with Gasteiger partial charge in [0.05, 0.1) is 24.1 Å². The van der Waals surface area contributed by atoms with E-state index in [0.29, 0.717) is 16.9 Å². The summed E-state index contributed by atoms with van der Waals surface area (Å²) in [6, 6.07) is 11.8. The molecule has 0 radical (unpaired) electrons. The highest BCUT2D eigenvalue weighted by atomic mass is 32.2. The summed E-state index contributed by atoms with van der Waals surface area (Å²) in [7, 11) is -3.68. The van der Waals surface area contributed by atoms with Crippen LogP contribution in [0, 0.1) is 6.92 Å². The number of nitrogens with zero attached hydrogens (tertiary/aromatic N) is 1. The molecule has 2 rings (SSSR count). The zero-order valence-corrected chi connectivity index (χ0v) is 18.4. The molecule has 0 saturated heterocycles. The monoisotopic (exact) mass is 436 g/mol. The Bertz CT molecular complexity index is 1010. The Kier molecular flexibility index (Phi) is 7.69. The van der Waals surface area contributed by atoms with Crippen LogP contribution >= 0.6 is 11.8 Å². The molecule has 0 fully saturated rings. The normalized spacial score (nSPS) is 11.0. The molecule has 29 heavy (non-hydrogen) atoms. The highest BCUT2D eigenvalue weighted by Crippen LogP contribution is 2.24. The quantitative estimate of drug-likeness (QED) is 0.504. The van der Waals surface area contributed by atoms with Gasteiger partial charge in [-0.25, -0.2) is 13.2 Å². The van der Waals surface area contributed by atoms with Crippen LogP contribution in [0.25, 0.3) is 0 Å². The van der Waals surface area contributed by atoms with E-state index in [4.69, 9.17) is 4.74 Å². The van der Waals surface area contributed by atoms with Gasteiger partial charge in [0, 0.05) is 10.6 Å². The first-order valence-electron chi connectivity index (χ1n) is 8.85. The first-order valence-corrected chi connectivity index (χ1v) is 11.9. The molecule has 1 N–H and O–H groups in total. The Morgan fingerprint density at radius 3 is 2.52 bits per heavy atom. The van der Waals surface area contributed by atoms with Crippen LogP contribution in [-0.2, 0) is 19.6 Å². The number of hydrogen-bond donors (Lipinski definition) is 1. The van der Waals surface area contributed by atoms with Crippen LogP contribution in [-0.4, -0.2) is 46.0 Å². The van der Waals surface area contributed by atoms with Crippen molar-refractivity contribution in [3.8, 4) is 0 Å². The van der Waals surface area contributed by atoms with Crippen LogP contribution in [0.5, 0.6) is 0 Å². The molecular formula is C20H24N2O5S2. The molecular weight excluding hydrogens is 412 g/mol.